The van der Waals surface area contributed by atoms with Crippen LogP contribution >= 0.6 is 23.2 Å². The lowest BCUT2D eigenvalue weighted by molar-refractivity contribution is -0.124. The fourth-order valence-corrected chi connectivity index (χ4v) is 7.15. The second-order valence-electron chi connectivity index (χ2n) is 11.9. The largest absolute Gasteiger partial charge is 0.493 e. The summed E-state index contributed by atoms with van der Waals surface area (Å²) >= 11 is 12.9. The summed E-state index contributed by atoms with van der Waals surface area (Å²) in [5.41, 5.74) is 5.80. The zero-order chi connectivity index (χ0) is 32.2. The van der Waals surface area contributed by atoms with Crippen LogP contribution in [0.15, 0.2) is 54.6 Å². The Hall–Kier alpha value is -3.24. The average molecular weight is 659 g/mol. The number of primary amides is 1. The lowest BCUT2D eigenvalue weighted by atomic mass is 9.77. The van der Waals surface area contributed by atoms with E-state index in [0.29, 0.717) is 59.0 Å². The molecule has 2 amide bonds. The van der Waals surface area contributed by atoms with Crippen molar-refractivity contribution in [2.75, 3.05) is 54.1 Å². The number of likely N-dealkylation sites (tertiary alicyclic amines) is 1. The molecule has 2 unspecified atom stereocenters. The Morgan fingerprint density at radius 2 is 1.67 bits per heavy atom. The molecule has 2 aliphatic heterocycles. The molecule has 45 heavy (non-hydrogen) atoms. The van der Waals surface area contributed by atoms with Crippen molar-refractivity contribution in [1.82, 2.24) is 9.80 Å². The fourth-order valence-electron chi connectivity index (χ4n) is 6.85. The molecule has 1 aliphatic carbocycles. The van der Waals surface area contributed by atoms with E-state index < -0.39 is 5.60 Å². The molecular weight excluding hydrogens is 617 g/mol. The number of halogens is 2. The summed E-state index contributed by atoms with van der Waals surface area (Å²) in [5, 5.41) is 0.875. The monoisotopic (exact) mass is 657 g/mol. The van der Waals surface area contributed by atoms with Crippen LogP contribution in [0.25, 0.3) is 0 Å². The summed E-state index contributed by atoms with van der Waals surface area (Å²) in [7, 11) is 4.58. The first kappa shape index (κ1) is 33.1. The van der Waals surface area contributed by atoms with Gasteiger partial charge in [-0.2, -0.15) is 0 Å². The first-order valence-electron chi connectivity index (χ1n) is 15.2. The minimum atomic E-state index is -0.851. The molecule has 0 radical (unpaired) electrons. The van der Waals surface area contributed by atoms with E-state index in [1.54, 1.807) is 18.2 Å². The Kier molecular flexibility index (Phi) is 10.3. The highest BCUT2D eigenvalue weighted by atomic mass is 35.5. The molecule has 0 saturated carbocycles. The van der Waals surface area contributed by atoms with Crippen LogP contribution < -0.4 is 19.9 Å². The third-order valence-electron chi connectivity index (χ3n) is 9.44. The molecule has 2 aromatic carbocycles. The van der Waals surface area contributed by atoms with Crippen LogP contribution in [0.2, 0.25) is 10.0 Å². The van der Waals surface area contributed by atoms with E-state index in [1.165, 1.54) is 21.3 Å². The highest BCUT2D eigenvalue weighted by Crippen LogP contribution is 2.43. The number of benzene rings is 2. The zero-order valence-electron chi connectivity index (χ0n) is 26.0. The van der Waals surface area contributed by atoms with Gasteiger partial charge in [-0.05, 0) is 75.0 Å². The Balaban J connectivity index is 1.47. The number of carbonyl (C=O) groups excluding carboxylic acids is 2. The van der Waals surface area contributed by atoms with E-state index >= 15 is 0 Å². The molecule has 2 fully saturated rings. The van der Waals surface area contributed by atoms with Crippen molar-refractivity contribution >= 4 is 35.0 Å². The SMILES string of the molecule is COc1cc(C(=O)N2CCOC(CCC3(N4CCC(C(N)=O)CC4)C=CC=CC3)(c3ccc(Cl)c(Cl)c3)C2)cc(OC)c1OC. The molecule has 242 valence electrons. The molecule has 2 saturated heterocycles. The molecule has 0 bridgehead atoms. The standard InChI is InChI=1S/C34H41Cl2N3O6/c1-42-28-19-24(20-29(43-2)30(28)44-3)32(41)38-17-18-45-34(22-38,25-7-8-26(35)27(36)21-25)14-13-33(11-5-4-6-12-33)39-15-9-23(10-16-39)31(37)40/h4-8,11,19-21,23H,9-10,12-18,22H2,1-3H3,(H2,37,40). The van der Waals surface area contributed by atoms with E-state index in [4.69, 9.17) is 47.9 Å². The van der Waals surface area contributed by atoms with Crippen LogP contribution in [0, 0.1) is 5.92 Å². The van der Waals surface area contributed by atoms with Gasteiger partial charge in [0.05, 0.1) is 44.5 Å². The predicted octanol–water partition coefficient (Wildman–Crippen LogP) is 5.62. The van der Waals surface area contributed by atoms with Crippen molar-refractivity contribution in [1.29, 1.82) is 0 Å². The van der Waals surface area contributed by atoms with Crippen molar-refractivity contribution in [3.05, 3.63) is 75.8 Å². The number of morpholine rings is 1. The van der Waals surface area contributed by atoms with Gasteiger partial charge < -0.3 is 29.6 Å². The van der Waals surface area contributed by atoms with E-state index in [1.807, 2.05) is 17.0 Å². The van der Waals surface area contributed by atoms with Gasteiger partial charge in [-0.25, -0.2) is 0 Å². The molecule has 2 aromatic rings. The maximum Gasteiger partial charge on any atom is 0.254 e. The van der Waals surface area contributed by atoms with E-state index in [0.717, 1.165) is 44.3 Å². The van der Waals surface area contributed by atoms with Crippen LogP contribution in [0.1, 0.15) is 48.0 Å². The second-order valence-corrected chi connectivity index (χ2v) is 12.7. The van der Waals surface area contributed by atoms with Crippen molar-refractivity contribution in [2.45, 2.75) is 43.2 Å². The first-order valence-corrected chi connectivity index (χ1v) is 16.0. The number of rotatable bonds is 10. The van der Waals surface area contributed by atoms with Crippen LogP contribution in [0.3, 0.4) is 0 Å². The van der Waals surface area contributed by atoms with Gasteiger partial charge in [-0.1, -0.05) is 53.6 Å². The van der Waals surface area contributed by atoms with E-state index in [9.17, 15) is 9.59 Å². The van der Waals surface area contributed by atoms with Gasteiger partial charge in [0.2, 0.25) is 11.7 Å². The van der Waals surface area contributed by atoms with Gasteiger partial charge in [0.1, 0.15) is 5.60 Å². The fraction of sp³-hybridized carbons (Fsp3) is 0.471. The number of methoxy groups -OCH3 is 3. The summed E-state index contributed by atoms with van der Waals surface area (Å²) in [4.78, 5) is 30.2. The molecule has 2 atom stereocenters. The molecule has 2 N–H and O–H groups in total. The van der Waals surface area contributed by atoms with Crippen LogP contribution in [-0.2, 0) is 15.1 Å². The Morgan fingerprint density at radius 3 is 2.24 bits per heavy atom. The number of ether oxygens (including phenoxy) is 4. The maximum absolute atomic E-state index is 14.1. The number of piperidine rings is 1. The summed E-state index contributed by atoms with van der Waals surface area (Å²) in [6, 6.07) is 8.90. The Labute approximate surface area is 274 Å². The lowest BCUT2D eigenvalue weighted by Gasteiger charge is -2.49. The number of nitrogens with two attached hydrogens (primary N) is 1. The third kappa shape index (κ3) is 6.82. The molecular formula is C34H41Cl2N3O6. The van der Waals surface area contributed by atoms with Gasteiger partial charge >= 0.3 is 0 Å². The highest BCUT2D eigenvalue weighted by molar-refractivity contribution is 6.42. The van der Waals surface area contributed by atoms with Crippen molar-refractivity contribution < 1.29 is 28.5 Å². The normalized spacial score (nSPS) is 24.0. The maximum atomic E-state index is 14.1. The van der Waals surface area contributed by atoms with Crippen LogP contribution in [0.5, 0.6) is 17.2 Å². The molecule has 2 heterocycles. The summed E-state index contributed by atoms with van der Waals surface area (Å²) in [6.07, 6.45) is 12.3. The zero-order valence-corrected chi connectivity index (χ0v) is 27.5. The van der Waals surface area contributed by atoms with Crippen molar-refractivity contribution in [3.63, 3.8) is 0 Å². The number of hydrogen-bond acceptors (Lipinski definition) is 7. The average Bonchev–Trinajstić information content (AvgIpc) is 3.08. The Bertz CT molecular complexity index is 1450. The van der Waals surface area contributed by atoms with Gasteiger partial charge in [0, 0.05) is 23.6 Å². The van der Waals surface area contributed by atoms with Crippen LogP contribution in [0.4, 0.5) is 0 Å². The lowest BCUT2D eigenvalue weighted by Crippen LogP contribution is -2.55. The number of carbonyl (C=O) groups is 2. The number of amides is 2. The quantitative estimate of drug-likeness (QED) is 0.354. The number of nitrogens with zero attached hydrogens (tertiary/aromatic N) is 2. The Morgan fingerprint density at radius 1 is 0.956 bits per heavy atom. The first-order chi connectivity index (χ1) is 21.6. The predicted molar refractivity (Wildman–Crippen MR) is 174 cm³/mol. The van der Waals surface area contributed by atoms with E-state index in [-0.39, 0.29) is 23.3 Å². The minimum Gasteiger partial charge on any atom is -0.493 e. The molecule has 3 aliphatic rings. The highest BCUT2D eigenvalue weighted by Gasteiger charge is 2.45. The van der Waals surface area contributed by atoms with Gasteiger partial charge in [0.15, 0.2) is 11.5 Å². The smallest absolute Gasteiger partial charge is 0.254 e. The van der Waals surface area contributed by atoms with Crippen molar-refractivity contribution in [2.24, 2.45) is 11.7 Å². The van der Waals surface area contributed by atoms with E-state index in [2.05, 4.69) is 29.2 Å². The number of hydrogen-bond donors (Lipinski definition) is 1. The van der Waals surface area contributed by atoms with Gasteiger partial charge in [-0.3, -0.25) is 14.5 Å². The molecule has 0 spiro atoms. The second kappa shape index (κ2) is 14.0. The number of allylic oxidation sites excluding steroid dienone is 2. The summed E-state index contributed by atoms with van der Waals surface area (Å²) < 4.78 is 23.2. The van der Waals surface area contributed by atoms with Gasteiger partial charge in [-0.15, -0.1) is 0 Å². The summed E-state index contributed by atoms with van der Waals surface area (Å²) in [6.45, 7) is 2.60. The van der Waals surface area contributed by atoms with Crippen molar-refractivity contribution in [3.8, 4) is 17.2 Å². The molecule has 0 aromatic heterocycles. The van der Waals surface area contributed by atoms with Crippen LogP contribution in [-0.4, -0.2) is 81.3 Å². The molecule has 5 rings (SSSR count). The third-order valence-corrected chi connectivity index (χ3v) is 10.2. The minimum absolute atomic E-state index is 0.0968. The molecule has 11 heteroatoms. The summed E-state index contributed by atoms with van der Waals surface area (Å²) in [5.74, 6) is 0.732. The topological polar surface area (TPSA) is 104 Å². The van der Waals surface area contributed by atoms with Gasteiger partial charge in [0.25, 0.3) is 5.91 Å². The molecule has 9 nitrogen and oxygen atoms in total.